The first-order valence-electron chi connectivity index (χ1n) is 10.8. The molecule has 0 spiro atoms. The van der Waals surface area contributed by atoms with E-state index < -0.39 is 21.8 Å². The van der Waals surface area contributed by atoms with Gasteiger partial charge in [-0.05, 0) is 48.2 Å². The number of nitrogens with zero attached hydrogens (tertiary/aromatic N) is 2. The van der Waals surface area contributed by atoms with Gasteiger partial charge >= 0.3 is 0 Å². The molecule has 1 aromatic heterocycles. The Kier molecular flexibility index (Phi) is 5.89. The zero-order valence-electron chi connectivity index (χ0n) is 19.9. The first kappa shape index (κ1) is 24.7. The number of rotatable bonds is 4. The van der Waals surface area contributed by atoms with E-state index in [1.54, 1.807) is 32.0 Å². The van der Waals surface area contributed by atoms with Crippen LogP contribution < -0.4 is 14.4 Å². The van der Waals surface area contributed by atoms with Crippen LogP contribution in [-0.2, 0) is 15.4 Å². The lowest BCUT2D eigenvalue weighted by Crippen LogP contribution is -2.39. The van der Waals surface area contributed by atoms with Gasteiger partial charge in [0.15, 0.2) is 0 Å². The highest BCUT2D eigenvalue weighted by Crippen LogP contribution is 2.38. The molecule has 8 nitrogen and oxygen atoms in total. The van der Waals surface area contributed by atoms with Crippen LogP contribution in [-0.4, -0.2) is 25.4 Å². The topological polar surface area (TPSA) is 108 Å². The van der Waals surface area contributed by atoms with Crippen molar-refractivity contribution in [2.45, 2.75) is 44.9 Å². The van der Waals surface area contributed by atoms with Crippen LogP contribution in [0.1, 0.15) is 58.3 Å². The Labute approximate surface area is 208 Å². The number of sulfonamides is 1. The molecule has 2 N–H and O–H groups in total. The minimum Gasteiger partial charge on any atom is -0.285 e. The predicted molar refractivity (Wildman–Crippen MR) is 132 cm³/mol. The fraction of sp³-hybridized carbons (Fsp3) is 0.240. The smallest absolute Gasteiger partial charge is 0.268 e. The van der Waals surface area contributed by atoms with E-state index in [-0.39, 0.29) is 43.5 Å². The van der Waals surface area contributed by atoms with Crippen molar-refractivity contribution in [3.05, 3.63) is 81.6 Å². The molecule has 182 valence electrons. The van der Waals surface area contributed by atoms with E-state index in [4.69, 9.17) is 11.6 Å². The number of hydrogen-bond donors (Lipinski definition) is 2. The Morgan fingerprint density at radius 3 is 2.17 bits per heavy atom. The molecule has 0 radical (unpaired) electrons. The third kappa shape index (κ3) is 4.26. The second-order valence-electron chi connectivity index (χ2n) is 9.50. The van der Waals surface area contributed by atoms with Gasteiger partial charge in [-0.1, -0.05) is 44.5 Å². The van der Waals surface area contributed by atoms with E-state index in [9.17, 15) is 23.2 Å². The summed E-state index contributed by atoms with van der Waals surface area (Å²) in [6, 6.07) is 10.8. The summed E-state index contributed by atoms with van der Waals surface area (Å²) in [6.07, 6.45) is 1.44. The summed E-state index contributed by atoms with van der Waals surface area (Å²) in [4.78, 5) is 27.6. The third-order valence-corrected chi connectivity index (χ3v) is 7.61. The number of pyridine rings is 1. The van der Waals surface area contributed by atoms with Crippen LogP contribution in [0, 0.1) is 13.8 Å². The van der Waals surface area contributed by atoms with Crippen LogP contribution in [0.3, 0.4) is 0 Å². The third-order valence-electron chi connectivity index (χ3n) is 5.91. The molecule has 2 aromatic carbocycles. The van der Waals surface area contributed by atoms with Gasteiger partial charge in [-0.25, -0.2) is 13.3 Å². The Hall–Kier alpha value is -3.43. The van der Waals surface area contributed by atoms with Crippen LogP contribution in [0.15, 0.2) is 53.6 Å². The summed E-state index contributed by atoms with van der Waals surface area (Å²) in [5.74, 6) is -1.46. The highest BCUT2D eigenvalue weighted by molar-refractivity contribution is 7.92. The number of carbonyl (C=O) groups excluding carboxylic acids is 2. The molecule has 0 fully saturated rings. The SMILES string of the molecule is Cc1cc(N2C(=O)c3c(Cl)ccc(NS(=O)(=O)c4ccc(C(C)(C)C)cc4)c3C2=O)c(C)[n+](O)c1. The van der Waals surface area contributed by atoms with Crippen molar-refractivity contribution in [3.8, 4) is 0 Å². The molecule has 2 heterocycles. The minimum atomic E-state index is -4.07. The number of aromatic nitrogens is 1. The molecule has 0 atom stereocenters. The molecule has 1 aliphatic heterocycles. The second kappa shape index (κ2) is 8.35. The molecule has 1 aliphatic rings. The van der Waals surface area contributed by atoms with Gasteiger partial charge in [0, 0.05) is 17.2 Å². The van der Waals surface area contributed by atoms with Gasteiger partial charge in [-0.2, -0.15) is 0 Å². The van der Waals surface area contributed by atoms with Crippen molar-refractivity contribution >= 4 is 44.8 Å². The quantitative estimate of drug-likeness (QED) is 0.305. The molecule has 0 saturated carbocycles. The van der Waals surface area contributed by atoms with E-state index in [0.717, 1.165) is 15.2 Å². The number of carbonyl (C=O) groups is 2. The van der Waals surface area contributed by atoms with Crippen molar-refractivity contribution in [1.29, 1.82) is 0 Å². The van der Waals surface area contributed by atoms with Gasteiger partial charge in [0.2, 0.25) is 6.20 Å². The lowest BCUT2D eigenvalue weighted by molar-refractivity contribution is -0.908. The molecular formula is C25H25ClN3O5S+. The zero-order chi connectivity index (χ0) is 25.9. The summed E-state index contributed by atoms with van der Waals surface area (Å²) in [5, 5.41) is 10.2. The normalized spacial score (nSPS) is 13.8. The fourth-order valence-corrected chi connectivity index (χ4v) is 5.27. The molecule has 4 rings (SSSR count). The number of halogens is 1. The van der Waals surface area contributed by atoms with Gasteiger partial charge in [0.05, 0.1) is 26.7 Å². The molecule has 3 aromatic rings. The summed E-state index contributed by atoms with van der Waals surface area (Å²) in [5.41, 5.74) is 1.53. The lowest BCUT2D eigenvalue weighted by atomic mass is 9.87. The lowest BCUT2D eigenvalue weighted by Gasteiger charge is -2.19. The van der Waals surface area contributed by atoms with Crippen LogP contribution in [0.25, 0.3) is 0 Å². The van der Waals surface area contributed by atoms with E-state index in [0.29, 0.717) is 5.56 Å². The Bertz CT molecular complexity index is 1490. The largest absolute Gasteiger partial charge is 0.285 e. The molecule has 35 heavy (non-hydrogen) atoms. The zero-order valence-corrected chi connectivity index (χ0v) is 21.5. The van der Waals surface area contributed by atoms with Crippen molar-refractivity contribution in [1.82, 2.24) is 0 Å². The van der Waals surface area contributed by atoms with Gasteiger partial charge in [0.1, 0.15) is 5.69 Å². The van der Waals surface area contributed by atoms with Crippen LogP contribution >= 0.6 is 11.6 Å². The maximum absolute atomic E-state index is 13.5. The summed E-state index contributed by atoms with van der Waals surface area (Å²) < 4.78 is 29.5. The predicted octanol–water partition coefficient (Wildman–Crippen LogP) is 4.38. The standard InChI is InChI=1S/C25H24ClN3O5S/c1-14-12-20(15(2)28(32)13-14)29-23(30)21-18(26)10-11-19(22(21)24(29)31)27-35(33,34)17-8-6-16(7-9-17)25(3,4)5/h6-13H,1-5H3,(H-,27,31,32)/p+1. The van der Waals surface area contributed by atoms with Crippen molar-refractivity contribution in [2.75, 3.05) is 9.62 Å². The van der Waals surface area contributed by atoms with E-state index >= 15 is 0 Å². The molecule has 10 heteroatoms. The highest BCUT2D eigenvalue weighted by Gasteiger charge is 2.43. The van der Waals surface area contributed by atoms with Crippen LogP contribution in [0.5, 0.6) is 0 Å². The Morgan fingerprint density at radius 1 is 0.971 bits per heavy atom. The highest BCUT2D eigenvalue weighted by atomic mass is 35.5. The first-order chi connectivity index (χ1) is 16.2. The molecule has 0 aliphatic carbocycles. The van der Waals surface area contributed by atoms with Crippen molar-refractivity contribution in [2.24, 2.45) is 0 Å². The molecule has 0 saturated heterocycles. The van der Waals surface area contributed by atoms with E-state index in [1.807, 2.05) is 20.8 Å². The maximum atomic E-state index is 13.5. The van der Waals surface area contributed by atoms with E-state index in [2.05, 4.69) is 4.72 Å². The molecule has 0 bridgehead atoms. The first-order valence-corrected chi connectivity index (χ1v) is 12.7. The van der Waals surface area contributed by atoms with Gasteiger partial charge in [-0.3, -0.25) is 19.5 Å². The molecular weight excluding hydrogens is 490 g/mol. The van der Waals surface area contributed by atoms with Gasteiger partial charge in [-0.15, -0.1) is 0 Å². The van der Waals surface area contributed by atoms with Crippen molar-refractivity contribution < 1.29 is 27.9 Å². The van der Waals surface area contributed by atoms with E-state index in [1.165, 1.54) is 30.5 Å². The number of aryl methyl sites for hydroxylation is 1. The Balaban J connectivity index is 1.77. The number of hydrogen-bond acceptors (Lipinski definition) is 5. The molecule has 0 unspecified atom stereocenters. The van der Waals surface area contributed by atoms with Crippen LogP contribution in [0.4, 0.5) is 11.4 Å². The number of nitrogens with one attached hydrogen (secondary N) is 1. The number of benzene rings is 2. The Morgan fingerprint density at radius 2 is 1.57 bits per heavy atom. The fourth-order valence-electron chi connectivity index (χ4n) is 3.96. The summed E-state index contributed by atoms with van der Waals surface area (Å²) >= 11 is 6.27. The average molecular weight is 515 g/mol. The summed E-state index contributed by atoms with van der Waals surface area (Å²) in [6.45, 7) is 9.31. The minimum absolute atomic E-state index is 0.0127. The number of anilines is 2. The monoisotopic (exact) mass is 514 g/mol. The second-order valence-corrected chi connectivity index (χ2v) is 11.6. The van der Waals surface area contributed by atoms with Gasteiger partial charge in [0.25, 0.3) is 27.5 Å². The number of imide groups is 1. The van der Waals surface area contributed by atoms with Crippen LogP contribution in [0.2, 0.25) is 5.02 Å². The summed E-state index contributed by atoms with van der Waals surface area (Å²) in [7, 11) is -4.07. The number of fused-ring (bicyclic) bond motifs is 1. The average Bonchev–Trinajstić information content (AvgIpc) is 3.03. The number of amides is 2. The van der Waals surface area contributed by atoms with Crippen molar-refractivity contribution in [3.63, 3.8) is 0 Å². The van der Waals surface area contributed by atoms with Gasteiger partial charge < -0.3 is 0 Å². The molecule has 2 amide bonds. The maximum Gasteiger partial charge on any atom is 0.268 e.